The van der Waals surface area contributed by atoms with Crippen LogP contribution in [0.5, 0.6) is 5.75 Å². The molecule has 2 fully saturated rings. The van der Waals surface area contributed by atoms with Gasteiger partial charge in [-0.15, -0.1) is 11.8 Å². The molecule has 122 valence electrons. The molecular formula is C20H30OS. The van der Waals surface area contributed by atoms with Gasteiger partial charge in [0.1, 0.15) is 5.75 Å². The number of benzene rings is 1. The first-order valence-electron chi connectivity index (χ1n) is 8.83. The van der Waals surface area contributed by atoms with Crippen LogP contribution in [0, 0.1) is 23.2 Å². The van der Waals surface area contributed by atoms with Gasteiger partial charge in [0.15, 0.2) is 0 Å². The van der Waals surface area contributed by atoms with E-state index in [1.807, 2.05) is 11.8 Å². The van der Waals surface area contributed by atoms with E-state index in [-0.39, 0.29) is 0 Å². The van der Waals surface area contributed by atoms with Crippen LogP contribution in [0.4, 0.5) is 0 Å². The standard InChI is InChI=1S/C20H30OS/c1-15-10-16-12-17(11-15)14-20(2,13-16)8-9-22-19-6-4-18(21-3)5-7-19/h4-7,15-17H,8-14H2,1-3H3. The maximum Gasteiger partial charge on any atom is 0.118 e. The topological polar surface area (TPSA) is 9.23 Å². The summed E-state index contributed by atoms with van der Waals surface area (Å²) < 4.78 is 5.23. The van der Waals surface area contributed by atoms with Crippen molar-refractivity contribution < 1.29 is 4.74 Å². The Kier molecular flexibility index (Phi) is 5.07. The Balaban J connectivity index is 1.50. The molecule has 0 heterocycles. The molecule has 2 aliphatic rings. The van der Waals surface area contributed by atoms with Gasteiger partial charge in [0.2, 0.25) is 0 Å². The molecule has 2 heteroatoms. The minimum absolute atomic E-state index is 0.590. The summed E-state index contributed by atoms with van der Waals surface area (Å²) in [6.45, 7) is 5.01. The number of rotatable bonds is 5. The highest BCUT2D eigenvalue weighted by Gasteiger charge is 2.40. The molecule has 0 amide bonds. The zero-order chi connectivity index (χ0) is 15.6. The highest BCUT2D eigenvalue weighted by Crippen LogP contribution is 2.52. The first kappa shape index (κ1) is 16.2. The maximum atomic E-state index is 5.23. The van der Waals surface area contributed by atoms with E-state index in [2.05, 4.69) is 38.1 Å². The third kappa shape index (κ3) is 4.01. The second-order valence-corrected chi connectivity index (χ2v) is 9.21. The van der Waals surface area contributed by atoms with Crippen LogP contribution in [0.25, 0.3) is 0 Å². The molecule has 2 bridgehead atoms. The molecule has 0 spiro atoms. The number of hydrogen-bond acceptors (Lipinski definition) is 2. The summed E-state index contributed by atoms with van der Waals surface area (Å²) in [5.41, 5.74) is 0.590. The van der Waals surface area contributed by atoms with Crippen LogP contribution < -0.4 is 4.74 Å². The molecule has 0 radical (unpaired) electrons. The molecule has 22 heavy (non-hydrogen) atoms. The Morgan fingerprint density at radius 2 is 1.73 bits per heavy atom. The number of hydrogen-bond donors (Lipinski definition) is 0. The Morgan fingerprint density at radius 3 is 2.32 bits per heavy atom. The monoisotopic (exact) mass is 318 g/mol. The molecule has 0 N–H and O–H groups in total. The van der Waals surface area contributed by atoms with Crippen LogP contribution in [0.3, 0.4) is 0 Å². The highest BCUT2D eigenvalue weighted by atomic mass is 32.2. The number of methoxy groups -OCH3 is 1. The molecular weight excluding hydrogens is 288 g/mol. The van der Waals surface area contributed by atoms with Crippen molar-refractivity contribution >= 4 is 11.8 Å². The Bertz CT molecular complexity index is 463. The normalized spacial score (nSPS) is 34.4. The minimum Gasteiger partial charge on any atom is -0.497 e. The fourth-order valence-corrected chi connectivity index (χ4v) is 6.16. The van der Waals surface area contributed by atoms with Gasteiger partial charge < -0.3 is 4.74 Å². The van der Waals surface area contributed by atoms with Crippen molar-refractivity contribution in [2.75, 3.05) is 12.9 Å². The first-order chi connectivity index (χ1) is 10.6. The van der Waals surface area contributed by atoms with Crippen LogP contribution >= 0.6 is 11.8 Å². The molecule has 2 atom stereocenters. The van der Waals surface area contributed by atoms with Gasteiger partial charge in [-0.3, -0.25) is 0 Å². The van der Waals surface area contributed by atoms with Gasteiger partial charge in [0.25, 0.3) is 0 Å². The largest absolute Gasteiger partial charge is 0.497 e. The molecule has 1 nitrogen and oxygen atoms in total. The van der Waals surface area contributed by atoms with Crippen LogP contribution in [-0.2, 0) is 0 Å². The Morgan fingerprint density at radius 1 is 1.09 bits per heavy atom. The van der Waals surface area contributed by atoms with E-state index in [0.29, 0.717) is 5.41 Å². The van der Waals surface area contributed by atoms with Gasteiger partial charge >= 0.3 is 0 Å². The van der Waals surface area contributed by atoms with E-state index < -0.39 is 0 Å². The SMILES string of the molecule is COc1ccc(SCCC2(C)CC3CC(C)CC(C3)C2)cc1. The predicted molar refractivity (Wildman–Crippen MR) is 95.7 cm³/mol. The lowest BCUT2D eigenvalue weighted by Crippen LogP contribution is -2.36. The van der Waals surface area contributed by atoms with Crippen LogP contribution in [0.1, 0.15) is 52.4 Å². The highest BCUT2D eigenvalue weighted by molar-refractivity contribution is 7.99. The van der Waals surface area contributed by atoms with Crippen molar-refractivity contribution in [1.82, 2.24) is 0 Å². The molecule has 1 aromatic carbocycles. The van der Waals surface area contributed by atoms with E-state index in [0.717, 1.165) is 23.5 Å². The molecule has 0 aliphatic heterocycles. The van der Waals surface area contributed by atoms with Crippen LogP contribution in [-0.4, -0.2) is 12.9 Å². The summed E-state index contributed by atoms with van der Waals surface area (Å²) in [5, 5.41) is 0. The molecule has 1 aromatic rings. The molecule has 2 unspecified atom stereocenters. The average molecular weight is 319 g/mol. The molecule has 2 saturated carbocycles. The third-order valence-corrected chi connectivity index (χ3v) is 6.75. The lowest BCUT2D eigenvalue weighted by atomic mass is 9.59. The van der Waals surface area contributed by atoms with Gasteiger partial charge in [0, 0.05) is 4.90 Å². The molecule has 3 rings (SSSR count). The van der Waals surface area contributed by atoms with E-state index in [1.54, 1.807) is 7.11 Å². The lowest BCUT2D eigenvalue weighted by Gasteiger charge is -2.47. The van der Waals surface area contributed by atoms with Crippen LogP contribution in [0.15, 0.2) is 29.2 Å². The summed E-state index contributed by atoms with van der Waals surface area (Å²) in [6.07, 6.45) is 8.79. The predicted octanol–water partition coefficient (Wildman–Crippen LogP) is 6.03. The third-order valence-electron chi connectivity index (χ3n) is 5.73. The Hall–Kier alpha value is -0.630. The second-order valence-electron chi connectivity index (χ2n) is 8.04. The van der Waals surface area contributed by atoms with E-state index in [4.69, 9.17) is 4.74 Å². The second kappa shape index (κ2) is 6.86. The number of thioether (sulfide) groups is 1. The smallest absolute Gasteiger partial charge is 0.118 e. The van der Waals surface area contributed by atoms with Crippen molar-refractivity contribution in [2.24, 2.45) is 23.2 Å². The van der Waals surface area contributed by atoms with Gasteiger partial charge in [-0.2, -0.15) is 0 Å². The van der Waals surface area contributed by atoms with Gasteiger partial charge in [-0.25, -0.2) is 0 Å². The lowest BCUT2D eigenvalue weighted by molar-refractivity contribution is 0.0449. The summed E-state index contributed by atoms with van der Waals surface area (Å²) in [5.74, 6) is 5.20. The zero-order valence-corrected chi connectivity index (χ0v) is 15.1. The fraction of sp³-hybridized carbons (Fsp3) is 0.700. The van der Waals surface area contributed by atoms with E-state index in [9.17, 15) is 0 Å². The minimum atomic E-state index is 0.590. The van der Waals surface area contributed by atoms with Crippen molar-refractivity contribution in [2.45, 2.75) is 57.3 Å². The van der Waals surface area contributed by atoms with Gasteiger partial charge in [0.05, 0.1) is 7.11 Å². The quantitative estimate of drug-likeness (QED) is 0.613. The number of ether oxygens (including phenoxy) is 1. The Labute approximate surface area is 140 Å². The van der Waals surface area contributed by atoms with Gasteiger partial charge in [-0.1, -0.05) is 13.8 Å². The summed E-state index contributed by atoms with van der Waals surface area (Å²) in [4.78, 5) is 1.37. The zero-order valence-electron chi connectivity index (χ0n) is 14.3. The average Bonchev–Trinajstić information content (AvgIpc) is 2.46. The van der Waals surface area contributed by atoms with E-state index >= 15 is 0 Å². The first-order valence-corrected chi connectivity index (χ1v) is 9.82. The molecule has 0 saturated heterocycles. The van der Waals surface area contributed by atoms with Crippen molar-refractivity contribution in [3.63, 3.8) is 0 Å². The summed E-state index contributed by atoms with van der Waals surface area (Å²) in [6, 6.07) is 8.50. The van der Waals surface area contributed by atoms with Crippen molar-refractivity contribution in [3.05, 3.63) is 24.3 Å². The van der Waals surface area contributed by atoms with Crippen LogP contribution in [0.2, 0.25) is 0 Å². The molecule has 2 aliphatic carbocycles. The number of fused-ring (bicyclic) bond motifs is 2. The summed E-state index contributed by atoms with van der Waals surface area (Å²) in [7, 11) is 1.73. The fourth-order valence-electron chi connectivity index (χ4n) is 5.00. The van der Waals surface area contributed by atoms with Crippen molar-refractivity contribution in [3.8, 4) is 5.75 Å². The summed E-state index contributed by atoms with van der Waals surface area (Å²) >= 11 is 2.00. The van der Waals surface area contributed by atoms with Gasteiger partial charge in [-0.05, 0) is 91.7 Å². The van der Waals surface area contributed by atoms with Crippen molar-refractivity contribution in [1.29, 1.82) is 0 Å². The molecule has 0 aromatic heterocycles. The maximum absolute atomic E-state index is 5.23. The van der Waals surface area contributed by atoms with E-state index in [1.165, 1.54) is 49.2 Å².